The number of anilines is 1. The maximum atomic E-state index is 15.0. The molecule has 0 aromatic heterocycles. The fourth-order valence-electron chi connectivity index (χ4n) is 4.41. The number of amides is 3. The van der Waals surface area contributed by atoms with Crippen molar-refractivity contribution in [2.45, 2.75) is 51.2 Å². The van der Waals surface area contributed by atoms with E-state index in [9.17, 15) is 23.9 Å². The molecule has 1 fully saturated rings. The van der Waals surface area contributed by atoms with E-state index in [-0.39, 0.29) is 36.8 Å². The van der Waals surface area contributed by atoms with Gasteiger partial charge in [0.15, 0.2) is 0 Å². The zero-order valence-corrected chi connectivity index (χ0v) is 21.8. The van der Waals surface area contributed by atoms with E-state index < -0.39 is 23.4 Å². The summed E-state index contributed by atoms with van der Waals surface area (Å²) in [5.41, 5.74) is -0.238. The molecule has 1 aliphatic heterocycles. The number of nitrogens with one attached hydrogen (secondary N) is 2. The number of nitrogens with zero attached hydrogens (tertiary/aromatic N) is 2. The molecular weight excluding hydrogens is 475 g/mol. The summed E-state index contributed by atoms with van der Waals surface area (Å²) in [5, 5.41) is 16.3. The minimum absolute atomic E-state index is 0.0141. The third kappa shape index (κ3) is 7.60. The van der Waals surface area contributed by atoms with Gasteiger partial charge < -0.3 is 25.5 Å². The van der Waals surface area contributed by atoms with Crippen molar-refractivity contribution in [3.05, 3.63) is 65.5 Å². The van der Waals surface area contributed by atoms with Crippen molar-refractivity contribution in [2.24, 2.45) is 0 Å². The second-order valence-electron chi connectivity index (χ2n) is 9.60. The van der Waals surface area contributed by atoms with Gasteiger partial charge in [-0.2, -0.15) is 0 Å². The maximum absolute atomic E-state index is 15.0. The van der Waals surface area contributed by atoms with Gasteiger partial charge in [0.25, 0.3) is 0 Å². The zero-order valence-electron chi connectivity index (χ0n) is 21.8. The summed E-state index contributed by atoms with van der Waals surface area (Å²) in [5.74, 6) is -1.61. The van der Waals surface area contributed by atoms with Crippen molar-refractivity contribution in [2.75, 3.05) is 38.5 Å². The zero-order chi connectivity index (χ0) is 27.0. The lowest BCUT2D eigenvalue weighted by molar-refractivity contribution is -0.137. The average molecular weight is 513 g/mol. The molecule has 0 bridgehead atoms. The number of rotatable bonds is 10. The van der Waals surface area contributed by atoms with Crippen LogP contribution in [0, 0.1) is 5.82 Å². The van der Waals surface area contributed by atoms with Crippen LogP contribution >= 0.6 is 0 Å². The molecule has 1 unspecified atom stereocenters. The average Bonchev–Trinajstić information content (AvgIpc) is 2.90. The summed E-state index contributed by atoms with van der Waals surface area (Å²) in [6, 6.07) is 12.4. The molecule has 3 N–H and O–H groups in total. The lowest BCUT2D eigenvalue weighted by atomic mass is 9.87. The first-order chi connectivity index (χ1) is 17.6. The Hall–Kier alpha value is -3.30. The Morgan fingerprint density at radius 2 is 1.70 bits per heavy atom. The van der Waals surface area contributed by atoms with Crippen LogP contribution in [0.1, 0.15) is 44.2 Å². The topological polar surface area (TPSA) is 102 Å². The standard InChI is InChI=1S/C28H37FN4O4/c1-4-25(34)31-24(27(36)33-15-13-32(3)14-16-33)18-20-11-12-23(22(29)17-20)30-26(35)19-28(37,5-2)21-9-7-6-8-10-21/h6-12,17,24,37H,4-5,13-16,18-19H2,1-3H3,(H,30,35)(H,31,34)/t24-,28?/m1/s1. The molecule has 2 aromatic carbocycles. The number of hydrogen-bond donors (Lipinski definition) is 3. The Kier molecular flexibility index (Phi) is 9.77. The maximum Gasteiger partial charge on any atom is 0.245 e. The second kappa shape index (κ2) is 12.8. The van der Waals surface area contributed by atoms with Gasteiger partial charge in [-0.3, -0.25) is 14.4 Å². The van der Waals surface area contributed by atoms with Crippen LogP contribution in [0.2, 0.25) is 0 Å². The van der Waals surface area contributed by atoms with Gasteiger partial charge >= 0.3 is 0 Å². The molecule has 2 aromatic rings. The highest BCUT2D eigenvalue weighted by molar-refractivity contribution is 5.92. The predicted octanol–water partition coefficient (Wildman–Crippen LogP) is 2.66. The van der Waals surface area contributed by atoms with Crippen molar-refractivity contribution >= 4 is 23.4 Å². The summed E-state index contributed by atoms with van der Waals surface area (Å²) in [6.07, 6.45) is 0.460. The van der Waals surface area contributed by atoms with Crippen molar-refractivity contribution in [1.29, 1.82) is 0 Å². The molecule has 8 nitrogen and oxygen atoms in total. The van der Waals surface area contributed by atoms with Gasteiger partial charge in [0, 0.05) is 39.0 Å². The van der Waals surface area contributed by atoms with E-state index in [1.54, 1.807) is 49.1 Å². The Bertz CT molecular complexity index is 1090. The lowest BCUT2D eigenvalue weighted by Gasteiger charge is -2.34. The molecule has 1 heterocycles. The number of hydrogen-bond acceptors (Lipinski definition) is 5. The highest BCUT2D eigenvalue weighted by Gasteiger charge is 2.31. The minimum Gasteiger partial charge on any atom is -0.385 e. The molecule has 2 atom stereocenters. The van der Waals surface area contributed by atoms with Gasteiger partial charge in [-0.15, -0.1) is 0 Å². The van der Waals surface area contributed by atoms with Gasteiger partial charge in [-0.25, -0.2) is 4.39 Å². The predicted molar refractivity (Wildman–Crippen MR) is 140 cm³/mol. The van der Waals surface area contributed by atoms with Crippen LogP contribution in [-0.2, 0) is 26.4 Å². The van der Waals surface area contributed by atoms with Crippen LogP contribution in [-0.4, -0.2) is 71.9 Å². The van der Waals surface area contributed by atoms with E-state index in [1.807, 2.05) is 13.1 Å². The molecule has 3 rings (SSSR count). The van der Waals surface area contributed by atoms with Gasteiger partial charge in [-0.1, -0.05) is 50.2 Å². The third-order valence-electron chi connectivity index (χ3n) is 6.87. The first-order valence-corrected chi connectivity index (χ1v) is 12.8. The second-order valence-corrected chi connectivity index (χ2v) is 9.60. The van der Waals surface area contributed by atoms with Crippen LogP contribution in [0.3, 0.4) is 0 Å². The first kappa shape index (κ1) is 28.3. The van der Waals surface area contributed by atoms with E-state index >= 15 is 0 Å². The summed E-state index contributed by atoms with van der Waals surface area (Å²) in [6.45, 7) is 6.13. The van der Waals surface area contributed by atoms with E-state index in [0.717, 1.165) is 13.1 Å². The summed E-state index contributed by atoms with van der Waals surface area (Å²) in [4.78, 5) is 41.8. The Morgan fingerprint density at radius 1 is 1.03 bits per heavy atom. The van der Waals surface area contributed by atoms with Crippen molar-refractivity contribution in [3.8, 4) is 0 Å². The van der Waals surface area contributed by atoms with Crippen molar-refractivity contribution < 1.29 is 23.9 Å². The van der Waals surface area contributed by atoms with E-state index in [4.69, 9.17) is 0 Å². The molecule has 37 heavy (non-hydrogen) atoms. The molecule has 0 spiro atoms. The molecule has 3 amide bonds. The molecule has 1 saturated heterocycles. The fourth-order valence-corrected chi connectivity index (χ4v) is 4.41. The van der Waals surface area contributed by atoms with Gasteiger partial charge in [0.2, 0.25) is 17.7 Å². The minimum atomic E-state index is -1.36. The number of piperazine rings is 1. The van der Waals surface area contributed by atoms with E-state index in [0.29, 0.717) is 30.6 Å². The monoisotopic (exact) mass is 512 g/mol. The number of carbonyl (C=O) groups excluding carboxylic acids is 3. The molecule has 0 saturated carbocycles. The normalized spacial score (nSPS) is 16.5. The number of benzene rings is 2. The SMILES string of the molecule is CCC(=O)N[C@H](Cc1ccc(NC(=O)CC(O)(CC)c2ccccc2)c(F)c1)C(=O)N1CCN(C)CC1. The van der Waals surface area contributed by atoms with E-state index in [2.05, 4.69) is 15.5 Å². The molecule has 200 valence electrons. The number of aliphatic hydroxyl groups is 1. The summed E-state index contributed by atoms with van der Waals surface area (Å²) in [7, 11) is 1.99. The Morgan fingerprint density at radius 3 is 2.30 bits per heavy atom. The van der Waals surface area contributed by atoms with Crippen molar-refractivity contribution in [1.82, 2.24) is 15.1 Å². The van der Waals surface area contributed by atoms with Gasteiger partial charge in [0.1, 0.15) is 11.9 Å². The van der Waals surface area contributed by atoms with Crippen molar-refractivity contribution in [3.63, 3.8) is 0 Å². The molecule has 0 aliphatic carbocycles. The molecular formula is C28H37FN4O4. The van der Waals surface area contributed by atoms with Crippen LogP contribution in [0.5, 0.6) is 0 Å². The third-order valence-corrected chi connectivity index (χ3v) is 6.87. The van der Waals surface area contributed by atoms with Crippen LogP contribution in [0.25, 0.3) is 0 Å². The quantitative estimate of drug-likeness (QED) is 0.454. The first-order valence-electron chi connectivity index (χ1n) is 12.8. The largest absolute Gasteiger partial charge is 0.385 e. The van der Waals surface area contributed by atoms with Crippen LogP contribution < -0.4 is 10.6 Å². The smallest absolute Gasteiger partial charge is 0.245 e. The highest BCUT2D eigenvalue weighted by Crippen LogP contribution is 2.29. The Labute approximate surface area is 217 Å². The highest BCUT2D eigenvalue weighted by atomic mass is 19.1. The lowest BCUT2D eigenvalue weighted by Crippen LogP contribution is -2.54. The molecule has 0 radical (unpaired) electrons. The Balaban J connectivity index is 1.69. The number of halogens is 1. The van der Waals surface area contributed by atoms with E-state index in [1.165, 1.54) is 12.1 Å². The summed E-state index contributed by atoms with van der Waals surface area (Å²) < 4.78 is 15.0. The van der Waals surface area contributed by atoms with Crippen LogP contribution in [0.4, 0.5) is 10.1 Å². The van der Waals surface area contributed by atoms with Gasteiger partial charge in [0.05, 0.1) is 17.7 Å². The molecule has 9 heteroatoms. The van der Waals surface area contributed by atoms with Gasteiger partial charge in [-0.05, 0) is 36.7 Å². The van der Waals surface area contributed by atoms with Crippen LogP contribution in [0.15, 0.2) is 48.5 Å². The number of carbonyl (C=O) groups is 3. The summed E-state index contributed by atoms with van der Waals surface area (Å²) >= 11 is 0. The number of likely N-dealkylation sites (N-methyl/N-ethyl adjacent to an activating group) is 1. The fraction of sp³-hybridized carbons (Fsp3) is 0.464. The molecule has 1 aliphatic rings.